The fourth-order valence-electron chi connectivity index (χ4n) is 3.64. The molecule has 0 saturated heterocycles. The number of hydrogen-bond acceptors (Lipinski definition) is 2. The van der Waals surface area contributed by atoms with E-state index in [1.807, 2.05) is 0 Å². The van der Waals surface area contributed by atoms with Crippen molar-refractivity contribution in [1.82, 2.24) is 4.90 Å². The van der Waals surface area contributed by atoms with Crippen LogP contribution in [0.2, 0.25) is 0 Å². The third-order valence-electron chi connectivity index (χ3n) is 4.31. The fourth-order valence-corrected chi connectivity index (χ4v) is 3.64. The second-order valence-corrected chi connectivity index (χ2v) is 7.40. The van der Waals surface area contributed by atoms with E-state index in [4.69, 9.17) is 5.73 Å². The van der Waals surface area contributed by atoms with Crippen molar-refractivity contribution >= 4 is 0 Å². The lowest BCUT2D eigenvalue weighted by Crippen LogP contribution is -2.56. The summed E-state index contributed by atoms with van der Waals surface area (Å²) in [6.45, 7) is 13.7. The highest BCUT2D eigenvalue weighted by molar-refractivity contribution is 5.00. The van der Waals surface area contributed by atoms with Crippen LogP contribution in [0.4, 0.5) is 0 Å². The number of nitrogens with zero attached hydrogens (tertiary/aromatic N) is 1. The van der Waals surface area contributed by atoms with Gasteiger partial charge in [-0.25, -0.2) is 0 Å². The summed E-state index contributed by atoms with van der Waals surface area (Å²) in [5, 5.41) is 0. The summed E-state index contributed by atoms with van der Waals surface area (Å²) >= 11 is 0. The highest BCUT2D eigenvalue weighted by atomic mass is 15.3. The van der Waals surface area contributed by atoms with Gasteiger partial charge in [0.15, 0.2) is 0 Å². The zero-order valence-corrected chi connectivity index (χ0v) is 13.9. The van der Waals surface area contributed by atoms with E-state index in [2.05, 4.69) is 39.5 Å². The van der Waals surface area contributed by atoms with Crippen molar-refractivity contribution in [1.29, 1.82) is 0 Å². The highest BCUT2D eigenvalue weighted by Gasteiger charge is 2.43. The maximum absolute atomic E-state index is 6.30. The Morgan fingerprint density at radius 2 is 1.63 bits per heavy atom. The van der Waals surface area contributed by atoms with Crippen molar-refractivity contribution in [2.75, 3.05) is 13.1 Å². The average molecular weight is 268 g/mol. The van der Waals surface area contributed by atoms with Crippen molar-refractivity contribution in [2.24, 2.45) is 17.6 Å². The Labute approximate surface area is 121 Å². The van der Waals surface area contributed by atoms with Gasteiger partial charge < -0.3 is 5.73 Å². The van der Waals surface area contributed by atoms with Gasteiger partial charge >= 0.3 is 0 Å². The van der Waals surface area contributed by atoms with Crippen molar-refractivity contribution in [2.45, 2.75) is 84.7 Å². The lowest BCUT2D eigenvalue weighted by Gasteiger charge is -2.46. The Morgan fingerprint density at radius 1 is 1.11 bits per heavy atom. The number of rotatable bonds is 10. The summed E-state index contributed by atoms with van der Waals surface area (Å²) in [5.41, 5.74) is 6.55. The van der Waals surface area contributed by atoms with E-state index in [1.165, 1.54) is 45.1 Å². The Balaban J connectivity index is 2.87. The molecule has 2 heteroatoms. The molecule has 1 fully saturated rings. The summed E-state index contributed by atoms with van der Waals surface area (Å²) in [4.78, 5) is 2.80. The Hall–Kier alpha value is -0.0800. The van der Waals surface area contributed by atoms with Gasteiger partial charge in [-0.3, -0.25) is 4.90 Å². The van der Waals surface area contributed by atoms with E-state index in [9.17, 15) is 0 Å². The molecule has 0 aromatic heterocycles. The van der Waals surface area contributed by atoms with Crippen LogP contribution < -0.4 is 5.73 Å². The molecule has 0 spiro atoms. The van der Waals surface area contributed by atoms with E-state index in [-0.39, 0.29) is 5.54 Å². The third kappa shape index (κ3) is 5.07. The molecule has 114 valence electrons. The van der Waals surface area contributed by atoms with E-state index in [1.54, 1.807) is 0 Å². The molecule has 0 unspecified atom stereocenters. The van der Waals surface area contributed by atoms with Gasteiger partial charge in [-0.2, -0.15) is 0 Å². The molecule has 0 aromatic carbocycles. The van der Waals surface area contributed by atoms with Gasteiger partial charge in [-0.1, -0.05) is 41.0 Å². The maximum Gasteiger partial charge on any atom is 0.0339 e. The Morgan fingerprint density at radius 3 is 1.95 bits per heavy atom. The summed E-state index contributed by atoms with van der Waals surface area (Å²) < 4.78 is 0. The predicted octanol–water partition coefficient (Wildman–Crippen LogP) is 4.04. The van der Waals surface area contributed by atoms with Gasteiger partial charge in [-0.05, 0) is 50.5 Å². The van der Waals surface area contributed by atoms with Crippen LogP contribution in [0.25, 0.3) is 0 Å². The van der Waals surface area contributed by atoms with Crippen molar-refractivity contribution in [3.63, 3.8) is 0 Å². The van der Waals surface area contributed by atoms with Gasteiger partial charge in [0, 0.05) is 18.1 Å². The second-order valence-electron chi connectivity index (χ2n) is 7.40. The van der Waals surface area contributed by atoms with Gasteiger partial charge in [0.05, 0.1) is 0 Å². The van der Waals surface area contributed by atoms with Crippen molar-refractivity contribution < 1.29 is 0 Å². The van der Waals surface area contributed by atoms with E-state index >= 15 is 0 Å². The SMILES string of the molecule is CCCCN(C1CC1)C(CN)(CC(C)C)CC(C)C. The predicted molar refractivity (Wildman–Crippen MR) is 85.3 cm³/mol. The zero-order chi connectivity index (χ0) is 14.5. The van der Waals surface area contributed by atoms with Crippen LogP contribution in [-0.2, 0) is 0 Å². The molecule has 19 heavy (non-hydrogen) atoms. The van der Waals surface area contributed by atoms with Gasteiger partial charge in [0.2, 0.25) is 0 Å². The Kier molecular flexibility index (Phi) is 6.82. The van der Waals surface area contributed by atoms with Crippen LogP contribution in [0.15, 0.2) is 0 Å². The molecular formula is C17H36N2. The molecule has 0 aliphatic heterocycles. The van der Waals surface area contributed by atoms with E-state index in [0.717, 1.165) is 24.4 Å². The van der Waals surface area contributed by atoms with Crippen LogP contribution in [0.5, 0.6) is 0 Å². The lowest BCUT2D eigenvalue weighted by atomic mass is 9.80. The standard InChI is InChI=1S/C17H36N2/c1-6-7-10-19(16-8-9-16)17(13-18,11-14(2)3)12-15(4)5/h14-16H,6-13,18H2,1-5H3. The van der Waals surface area contributed by atoms with E-state index < -0.39 is 0 Å². The van der Waals surface area contributed by atoms with Crippen LogP contribution >= 0.6 is 0 Å². The maximum atomic E-state index is 6.30. The molecule has 1 aliphatic rings. The minimum absolute atomic E-state index is 0.249. The fraction of sp³-hybridized carbons (Fsp3) is 1.00. The third-order valence-corrected chi connectivity index (χ3v) is 4.31. The molecule has 0 heterocycles. The molecule has 0 radical (unpaired) electrons. The average Bonchev–Trinajstić information content (AvgIpc) is 3.11. The second kappa shape index (κ2) is 7.64. The summed E-state index contributed by atoms with van der Waals surface area (Å²) in [6.07, 6.45) is 7.88. The van der Waals surface area contributed by atoms with Crippen molar-refractivity contribution in [3.8, 4) is 0 Å². The monoisotopic (exact) mass is 268 g/mol. The molecule has 2 N–H and O–H groups in total. The minimum atomic E-state index is 0.249. The molecule has 2 nitrogen and oxygen atoms in total. The van der Waals surface area contributed by atoms with Crippen LogP contribution in [0, 0.1) is 11.8 Å². The molecule has 0 bridgehead atoms. The highest BCUT2D eigenvalue weighted by Crippen LogP contribution is 2.39. The molecule has 0 amide bonds. The summed E-state index contributed by atoms with van der Waals surface area (Å²) in [6, 6.07) is 0.826. The lowest BCUT2D eigenvalue weighted by molar-refractivity contribution is 0.0441. The van der Waals surface area contributed by atoms with Crippen LogP contribution in [-0.4, -0.2) is 29.6 Å². The first-order valence-electron chi connectivity index (χ1n) is 8.42. The normalized spacial score (nSPS) is 16.9. The summed E-state index contributed by atoms with van der Waals surface area (Å²) in [7, 11) is 0. The van der Waals surface area contributed by atoms with Gasteiger partial charge in [0.25, 0.3) is 0 Å². The number of unbranched alkanes of at least 4 members (excludes halogenated alkanes) is 1. The minimum Gasteiger partial charge on any atom is -0.329 e. The largest absolute Gasteiger partial charge is 0.329 e. The number of hydrogen-bond donors (Lipinski definition) is 1. The quantitative estimate of drug-likeness (QED) is 0.648. The van der Waals surface area contributed by atoms with Crippen molar-refractivity contribution in [3.05, 3.63) is 0 Å². The number of nitrogens with two attached hydrogens (primary N) is 1. The molecule has 1 aliphatic carbocycles. The van der Waals surface area contributed by atoms with E-state index in [0.29, 0.717) is 0 Å². The van der Waals surface area contributed by atoms with Crippen LogP contribution in [0.3, 0.4) is 0 Å². The molecule has 0 aromatic rings. The smallest absolute Gasteiger partial charge is 0.0339 e. The zero-order valence-electron chi connectivity index (χ0n) is 13.9. The van der Waals surface area contributed by atoms with Gasteiger partial charge in [-0.15, -0.1) is 0 Å². The molecule has 1 rings (SSSR count). The first kappa shape index (κ1) is 17.0. The van der Waals surface area contributed by atoms with Gasteiger partial charge in [0.1, 0.15) is 0 Å². The molecule has 0 atom stereocenters. The first-order valence-corrected chi connectivity index (χ1v) is 8.42. The summed E-state index contributed by atoms with van der Waals surface area (Å²) in [5.74, 6) is 1.45. The Bertz CT molecular complexity index is 234. The topological polar surface area (TPSA) is 29.3 Å². The van der Waals surface area contributed by atoms with Crippen LogP contribution in [0.1, 0.15) is 73.1 Å². The molecular weight excluding hydrogens is 232 g/mol. The first-order chi connectivity index (χ1) is 8.95. The molecule has 1 saturated carbocycles.